The van der Waals surface area contributed by atoms with E-state index in [1.807, 2.05) is 0 Å². The smallest absolute Gasteiger partial charge is 0.128 e. The van der Waals surface area contributed by atoms with Crippen LogP contribution in [0, 0.1) is 12.7 Å². The number of fused-ring (bicyclic) bond motifs is 1. The first-order chi connectivity index (χ1) is 5.68. The van der Waals surface area contributed by atoms with Crippen LogP contribution >= 0.6 is 0 Å². The van der Waals surface area contributed by atoms with Gasteiger partial charge in [0, 0.05) is 18.5 Å². The Hall–Kier alpha value is -1.38. The molecule has 0 aliphatic carbocycles. The van der Waals surface area contributed by atoms with Crippen molar-refractivity contribution in [1.29, 1.82) is 0 Å². The zero-order valence-electron chi connectivity index (χ0n) is 7.00. The summed E-state index contributed by atoms with van der Waals surface area (Å²) >= 11 is 0. The second-order valence-corrected chi connectivity index (χ2v) is 2.93. The summed E-state index contributed by atoms with van der Waals surface area (Å²) in [4.78, 5) is 0. The predicted octanol–water partition coefficient (Wildman–Crippen LogP) is 2.02. The standard InChI is InChI=1S/C9H9FN2/c1-6-3-7-5-11-12(2)9(7)4-8(6)10/h3-5H,1-2H3. The van der Waals surface area contributed by atoms with Gasteiger partial charge in [0.05, 0.1) is 11.7 Å². The molecule has 62 valence electrons. The van der Waals surface area contributed by atoms with Crippen LogP contribution in [0.5, 0.6) is 0 Å². The topological polar surface area (TPSA) is 17.8 Å². The van der Waals surface area contributed by atoms with Gasteiger partial charge in [0.2, 0.25) is 0 Å². The summed E-state index contributed by atoms with van der Waals surface area (Å²) < 4.78 is 14.7. The van der Waals surface area contributed by atoms with Crippen LogP contribution in [0.2, 0.25) is 0 Å². The fraction of sp³-hybridized carbons (Fsp3) is 0.222. The van der Waals surface area contributed by atoms with Crippen LogP contribution in [0.4, 0.5) is 4.39 Å². The van der Waals surface area contributed by atoms with Gasteiger partial charge in [-0.05, 0) is 18.6 Å². The Balaban J connectivity index is 2.87. The normalized spacial score (nSPS) is 10.9. The van der Waals surface area contributed by atoms with Crippen molar-refractivity contribution in [2.24, 2.45) is 7.05 Å². The minimum Gasteiger partial charge on any atom is -0.268 e. The lowest BCUT2D eigenvalue weighted by atomic mass is 10.2. The SMILES string of the molecule is Cc1cc2cnn(C)c2cc1F. The van der Waals surface area contributed by atoms with Crippen LogP contribution in [-0.4, -0.2) is 9.78 Å². The monoisotopic (exact) mass is 164 g/mol. The van der Waals surface area contributed by atoms with Crippen LogP contribution in [-0.2, 0) is 7.05 Å². The second kappa shape index (κ2) is 2.30. The molecular formula is C9H9FN2. The van der Waals surface area contributed by atoms with Crippen molar-refractivity contribution in [3.63, 3.8) is 0 Å². The van der Waals surface area contributed by atoms with Crippen molar-refractivity contribution in [2.75, 3.05) is 0 Å². The summed E-state index contributed by atoms with van der Waals surface area (Å²) in [5.74, 6) is -0.175. The van der Waals surface area contributed by atoms with E-state index >= 15 is 0 Å². The first-order valence-electron chi connectivity index (χ1n) is 3.76. The van der Waals surface area contributed by atoms with Gasteiger partial charge in [-0.1, -0.05) is 0 Å². The fourth-order valence-electron chi connectivity index (χ4n) is 1.29. The van der Waals surface area contributed by atoms with Crippen molar-refractivity contribution in [3.8, 4) is 0 Å². The Morgan fingerprint density at radius 1 is 1.42 bits per heavy atom. The molecule has 0 fully saturated rings. The van der Waals surface area contributed by atoms with Crippen LogP contribution in [0.3, 0.4) is 0 Å². The average molecular weight is 164 g/mol. The van der Waals surface area contributed by atoms with Gasteiger partial charge in [0.15, 0.2) is 0 Å². The molecule has 12 heavy (non-hydrogen) atoms. The minimum absolute atomic E-state index is 0.175. The second-order valence-electron chi connectivity index (χ2n) is 2.93. The number of aromatic nitrogens is 2. The third kappa shape index (κ3) is 0.897. The number of benzene rings is 1. The molecule has 3 heteroatoms. The molecule has 0 spiro atoms. The van der Waals surface area contributed by atoms with E-state index in [1.54, 1.807) is 30.9 Å². The summed E-state index contributed by atoms with van der Waals surface area (Å²) in [6.45, 7) is 1.75. The molecule has 0 amide bonds. The Labute approximate surface area is 69.6 Å². The Kier molecular flexibility index (Phi) is 1.40. The van der Waals surface area contributed by atoms with Crippen molar-refractivity contribution in [3.05, 3.63) is 29.7 Å². The van der Waals surface area contributed by atoms with Gasteiger partial charge >= 0.3 is 0 Å². The van der Waals surface area contributed by atoms with Crippen LogP contribution in [0.25, 0.3) is 10.9 Å². The molecule has 0 aliphatic rings. The van der Waals surface area contributed by atoms with Crippen molar-refractivity contribution in [1.82, 2.24) is 9.78 Å². The van der Waals surface area contributed by atoms with E-state index in [4.69, 9.17) is 0 Å². The summed E-state index contributed by atoms with van der Waals surface area (Å²) in [6, 6.07) is 3.31. The summed E-state index contributed by atoms with van der Waals surface area (Å²) in [5, 5.41) is 5.01. The number of nitrogens with zero attached hydrogens (tertiary/aromatic N) is 2. The molecular weight excluding hydrogens is 155 g/mol. The lowest BCUT2D eigenvalue weighted by Crippen LogP contribution is -1.90. The minimum atomic E-state index is -0.175. The fourth-order valence-corrected chi connectivity index (χ4v) is 1.29. The van der Waals surface area contributed by atoms with Crippen molar-refractivity contribution >= 4 is 10.9 Å². The predicted molar refractivity (Wildman–Crippen MR) is 45.4 cm³/mol. The van der Waals surface area contributed by atoms with Gasteiger partial charge in [-0.2, -0.15) is 5.10 Å². The van der Waals surface area contributed by atoms with Crippen molar-refractivity contribution < 1.29 is 4.39 Å². The lowest BCUT2D eigenvalue weighted by Gasteiger charge is -1.97. The number of hydrogen-bond acceptors (Lipinski definition) is 1. The quantitative estimate of drug-likeness (QED) is 0.582. The molecule has 0 N–H and O–H groups in total. The number of rotatable bonds is 0. The van der Waals surface area contributed by atoms with Gasteiger partial charge in [-0.3, -0.25) is 4.68 Å². The maximum Gasteiger partial charge on any atom is 0.128 e. The molecule has 0 aliphatic heterocycles. The largest absolute Gasteiger partial charge is 0.268 e. The van der Waals surface area contributed by atoms with Gasteiger partial charge < -0.3 is 0 Å². The highest BCUT2D eigenvalue weighted by atomic mass is 19.1. The summed E-state index contributed by atoms with van der Waals surface area (Å²) in [7, 11) is 1.80. The Morgan fingerprint density at radius 2 is 2.17 bits per heavy atom. The highest BCUT2D eigenvalue weighted by molar-refractivity contribution is 5.79. The van der Waals surface area contributed by atoms with E-state index in [-0.39, 0.29) is 5.82 Å². The van der Waals surface area contributed by atoms with Crippen LogP contribution < -0.4 is 0 Å². The Morgan fingerprint density at radius 3 is 2.92 bits per heavy atom. The number of hydrogen-bond donors (Lipinski definition) is 0. The van der Waals surface area contributed by atoms with Crippen LogP contribution in [0.15, 0.2) is 18.3 Å². The van der Waals surface area contributed by atoms with E-state index < -0.39 is 0 Å². The first kappa shape index (κ1) is 7.28. The van der Waals surface area contributed by atoms with Gasteiger partial charge in [-0.15, -0.1) is 0 Å². The third-order valence-electron chi connectivity index (χ3n) is 2.03. The van der Waals surface area contributed by atoms with E-state index in [0.29, 0.717) is 5.56 Å². The molecule has 1 aromatic carbocycles. The molecule has 2 aromatic rings. The van der Waals surface area contributed by atoms with Crippen LogP contribution in [0.1, 0.15) is 5.56 Å². The molecule has 0 atom stereocenters. The highest BCUT2D eigenvalue weighted by Crippen LogP contribution is 2.17. The molecule has 1 heterocycles. The number of halogens is 1. The molecule has 2 nitrogen and oxygen atoms in total. The molecule has 1 aromatic heterocycles. The molecule has 0 bridgehead atoms. The highest BCUT2D eigenvalue weighted by Gasteiger charge is 2.03. The van der Waals surface area contributed by atoms with E-state index in [1.165, 1.54) is 6.07 Å². The molecule has 0 saturated carbocycles. The Bertz CT molecular complexity index is 431. The lowest BCUT2D eigenvalue weighted by molar-refractivity contribution is 0.619. The molecule has 0 unspecified atom stereocenters. The maximum atomic E-state index is 13.1. The molecule has 2 rings (SSSR count). The van der Waals surface area contributed by atoms with Gasteiger partial charge in [0.1, 0.15) is 5.82 Å². The van der Waals surface area contributed by atoms with Gasteiger partial charge in [0.25, 0.3) is 0 Å². The number of aryl methyl sites for hydroxylation is 2. The zero-order valence-corrected chi connectivity index (χ0v) is 7.00. The van der Waals surface area contributed by atoms with Gasteiger partial charge in [-0.25, -0.2) is 4.39 Å². The van der Waals surface area contributed by atoms with E-state index in [9.17, 15) is 4.39 Å². The summed E-state index contributed by atoms with van der Waals surface area (Å²) in [6.07, 6.45) is 1.74. The first-order valence-corrected chi connectivity index (χ1v) is 3.76. The molecule has 0 radical (unpaired) electrons. The zero-order chi connectivity index (χ0) is 8.72. The van der Waals surface area contributed by atoms with Crippen molar-refractivity contribution in [2.45, 2.75) is 6.92 Å². The summed E-state index contributed by atoms with van der Waals surface area (Å²) in [5.41, 5.74) is 1.49. The van der Waals surface area contributed by atoms with E-state index in [2.05, 4.69) is 5.10 Å². The molecule has 0 saturated heterocycles. The van der Waals surface area contributed by atoms with E-state index in [0.717, 1.165) is 10.9 Å². The maximum absolute atomic E-state index is 13.1. The average Bonchev–Trinajstić information content (AvgIpc) is 2.35. The third-order valence-corrected chi connectivity index (χ3v) is 2.03.